The molecule has 1 atom stereocenters. The number of rotatable bonds is 0. The topological polar surface area (TPSA) is 36.1 Å². The molecule has 2 heteroatoms. The monoisotopic (exact) mass is 120 g/mol. The summed E-state index contributed by atoms with van der Waals surface area (Å²) >= 11 is 0. The van der Waals surface area contributed by atoms with Crippen molar-refractivity contribution in [2.45, 2.75) is 19.4 Å². The number of nitrogens with zero attached hydrogens (tertiary/aromatic N) is 2. The Kier molecular flexibility index (Phi) is 1.64. The Labute approximate surface area is 54.5 Å². The lowest BCUT2D eigenvalue weighted by Crippen LogP contribution is -2.06. The van der Waals surface area contributed by atoms with E-state index in [1.165, 1.54) is 0 Å². The normalized spacial score (nSPS) is 24.9. The SMILES string of the molecule is CC1=NC(C#N)CC=C1. The smallest absolute Gasteiger partial charge is 0.140 e. The van der Waals surface area contributed by atoms with Gasteiger partial charge in [0.25, 0.3) is 0 Å². The van der Waals surface area contributed by atoms with Crippen LogP contribution >= 0.6 is 0 Å². The molecule has 2 nitrogen and oxygen atoms in total. The van der Waals surface area contributed by atoms with Crippen LogP contribution in [0.4, 0.5) is 0 Å². The zero-order chi connectivity index (χ0) is 6.69. The number of hydrogen-bond acceptors (Lipinski definition) is 2. The van der Waals surface area contributed by atoms with E-state index in [2.05, 4.69) is 11.1 Å². The molecule has 0 aromatic heterocycles. The van der Waals surface area contributed by atoms with E-state index >= 15 is 0 Å². The van der Waals surface area contributed by atoms with Crippen LogP contribution in [0.2, 0.25) is 0 Å². The first-order chi connectivity index (χ1) is 4.33. The number of nitriles is 1. The van der Waals surface area contributed by atoms with Crippen molar-refractivity contribution in [1.82, 2.24) is 0 Å². The van der Waals surface area contributed by atoms with Gasteiger partial charge in [-0.1, -0.05) is 6.08 Å². The Morgan fingerprint density at radius 1 is 1.89 bits per heavy atom. The molecule has 0 aromatic rings. The molecule has 0 spiro atoms. The van der Waals surface area contributed by atoms with Crippen molar-refractivity contribution >= 4 is 5.71 Å². The number of allylic oxidation sites excluding steroid dienone is 1. The van der Waals surface area contributed by atoms with Crippen LogP contribution in [-0.2, 0) is 0 Å². The van der Waals surface area contributed by atoms with E-state index in [9.17, 15) is 0 Å². The van der Waals surface area contributed by atoms with Crippen molar-refractivity contribution < 1.29 is 0 Å². The van der Waals surface area contributed by atoms with Gasteiger partial charge >= 0.3 is 0 Å². The highest BCUT2D eigenvalue weighted by molar-refractivity contribution is 5.93. The molecule has 1 unspecified atom stereocenters. The van der Waals surface area contributed by atoms with Gasteiger partial charge in [0.05, 0.1) is 6.07 Å². The van der Waals surface area contributed by atoms with Gasteiger partial charge in [0.2, 0.25) is 0 Å². The zero-order valence-corrected chi connectivity index (χ0v) is 5.33. The maximum absolute atomic E-state index is 8.42. The number of hydrogen-bond donors (Lipinski definition) is 0. The molecule has 0 bridgehead atoms. The fraction of sp³-hybridized carbons (Fsp3) is 0.429. The third kappa shape index (κ3) is 1.39. The van der Waals surface area contributed by atoms with E-state index in [1.54, 1.807) is 0 Å². The van der Waals surface area contributed by atoms with Gasteiger partial charge in [-0.15, -0.1) is 0 Å². The van der Waals surface area contributed by atoms with Gasteiger partial charge in [-0.2, -0.15) is 5.26 Å². The molecule has 46 valence electrons. The minimum absolute atomic E-state index is 0.130. The summed E-state index contributed by atoms with van der Waals surface area (Å²) < 4.78 is 0. The highest BCUT2D eigenvalue weighted by atomic mass is 14.8. The van der Waals surface area contributed by atoms with Gasteiger partial charge in [-0.05, 0) is 13.0 Å². The van der Waals surface area contributed by atoms with Crippen molar-refractivity contribution in [1.29, 1.82) is 5.26 Å². The van der Waals surface area contributed by atoms with Crippen molar-refractivity contribution in [2.75, 3.05) is 0 Å². The molecular weight excluding hydrogens is 112 g/mol. The van der Waals surface area contributed by atoms with Crippen LogP contribution in [0.1, 0.15) is 13.3 Å². The lowest BCUT2D eigenvalue weighted by molar-refractivity contribution is 0.839. The molecule has 1 heterocycles. The predicted molar refractivity (Wildman–Crippen MR) is 36.3 cm³/mol. The molecule has 0 radical (unpaired) electrons. The summed E-state index contributed by atoms with van der Waals surface area (Å²) in [4.78, 5) is 4.07. The summed E-state index contributed by atoms with van der Waals surface area (Å²) in [6.45, 7) is 1.90. The minimum atomic E-state index is -0.130. The first-order valence-electron chi connectivity index (χ1n) is 2.93. The average Bonchev–Trinajstić information content (AvgIpc) is 1.88. The van der Waals surface area contributed by atoms with Crippen molar-refractivity contribution in [3.05, 3.63) is 12.2 Å². The van der Waals surface area contributed by atoms with Gasteiger partial charge in [-0.3, -0.25) is 4.99 Å². The lowest BCUT2D eigenvalue weighted by Gasteiger charge is -2.04. The Morgan fingerprint density at radius 2 is 2.67 bits per heavy atom. The quantitative estimate of drug-likeness (QED) is 0.474. The second-order valence-electron chi connectivity index (χ2n) is 2.05. The third-order valence-corrected chi connectivity index (χ3v) is 1.23. The second kappa shape index (κ2) is 2.45. The van der Waals surface area contributed by atoms with Crippen LogP contribution < -0.4 is 0 Å². The van der Waals surface area contributed by atoms with E-state index in [1.807, 2.05) is 19.1 Å². The second-order valence-corrected chi connectivity index (χ2v) is 2.05. The first kappa shape index (κ1) is 6.03. The van der Waals surface area contributed by atoms with Crippen LogP contribution in [0.15, 0.2) is 17.1 Å². The van der Waals surface area contributed by atoms with Crippen molar-refractivity contribution in [3.63, 3.8) is 0 Å². The summed E-state index contributed by atoms with van der Waals surface area (Å²) in [7, 11) is 0. The average molecular weight is 120 g/mol. The van der Waals surface area contributed by atoms with Crippen LogP contribution in [0.25, 0.3) is 0 Å². The Morgan fingerprint density at radius 3 is 3.11 bits per heavy atom. The molecule has 0 saturated carbocycles. The molecular formula is C7H8N2. The molecule has 1 rings (SSSR count). The molecule has 1 aliphatic rings. The fourth-order valence-corrected chi connectivity index (χ4v) is 0.791. The summed E-state index contributed by atoms with van der Waals surface area (Å²) in [6, 6.07) is 1.97. The molecule has 0 saturated heterocycles. The lowest BCUT2D eigenvalue weighted by atomic mass is 10.1. The minimum Gasteiger partial charge on any atom is -0.271 e. The van der Waals surface area contributed by atoms with Crippen LogP contribution in [0, 0.1) is 11.3 Å². The van der Waals surface area contributed by atoms with Crippen LogP contribution in [0.5, 0.6) is 0 Å². The molecule has 0 aromatic carbocycles. The van der Waals surface area contributed by atoms with Crippen molar-refractivity contribution in [3.8, 4) is 6.07 Å². The third-order valence-electron chi connectivity index (χ3n) is 1.23. The molecule has 1 aliphatic heterocycles. The molecule has 0 fully saturated rings. The largest absolute Gasteiger partial charge is 0.271 e. The molecule has 0 aliphatic carbocycles. The Bertz CT molecular complexity index is 195. The van der Waals surface area contributed by atoms with Crippen molar-refractivity contribution in [2.24, 2.45) is 4.99 Å². The summed E-state index contributed by atoms with van der Waals surface area (Å²) in [5.41, 5.74) is 0.952. The van der Waals surface area contributed by atoms with Gasteiger partial charge < -0.3 is 0 Å². The standard InChI is InChI=1S/C7H8N2/c1-6-3-2-4-7(5-8)9-6/h2-3,7H,4H2,1H3. The Hall–Kier alpha value is -1.10. The van der Waals surface area contributed by atoms with Gasteiger partial charge in [0, 0.05) is 12.1 Å². The zero-order valence-electron chi connectivity index (χ0n) is 5.33. The van der Waals surface area contributed by atoms with E-state index in [-0.39, 0.29) is 6.04 Å². The maximum atomic E-state index is 8.42. The van der Waals surface area contributed by atoms with E-state index in [0.717, 1.165) is 12.1 Å². The Balaban J connectivity index is 2.69. The summed E-state index contributed by atoms with van der Waals surface area (Å²) in [5, 5.41) is 8.42. The highest BCUT2D eigenvalue weighted by Gasteiger charge is 2.04. The predicted octanol–water partition coefficient (Wildman–Crippen LogP) is 1.30. The molecule has 0 amide bonds. The van der Waals surface area contributed by atoms with Gasteiger partial charge in [-0.25, -0.2) is 0 Å². The first-order valence-corrected chi connectivity index (χ1v) is 2.93. The van der Waals surface area contributed by atoms with E-state index in [4.69, 9.17) is 5.26 Å². The number of aliphatic imine (C=N–C) groups is 1. The summed E-state index contributed by atoms with van der Waals surface area (Å²) in [6.07, 6.45) is 4.69. The van der Waals surface area contributed by atoms with E-state index < -0.39 is 0 Å². The molecule has 0 N–H and O–H groups in total. The fourth-order valence-electron chi connectivity index (χ4n) is 0.791. The van der Waals surface area contributed by atoms with Crippen LogP contribution in [0.3, 0.4) is 0 Å². The van der Waals surface area contributed by atoms with Gasteiger partial charge in [0.15, 0.2) is 0 Å². The number of dihydropyridines is 1. The van der Waals surface area contributed by atoms with E-state index in [0.29, 0.717) is 0 Å². The molecule has 9 heavy (non-hydrogen) atoms. The maximum Gasteiger partial charge on any atom is 0.140 e. The highest BCUT2D eigenvalue weighted by Crippen LogP contribution is 2.04. The van der Waals surface area contributed by atoms with Gasteiger partial charge in [0.1, 0.15) is 6.04 Å². The van der Waals surface area contributed by atoms with Crippen LogP contribution in [-0.4, -0.2) is 11.8 Å². The summed E-state index contributed by atoms with van der Waals surface area (Å²) in [5.74, 6) is 0.